The Morgan fingerprint density at radius 1 is 1.44 bits per heavy atom. The highest BCUT2D eigenvalue weighted by Crippen LogP contribution is 2.23. The lowest BCUT2D eigenvalue weighted by molar-refractivity contribution is 0.396. The van der Waals surface area contributed by atoms with Gasteiger partial charge in [0.1, 0.15) is 0 Å². The molecule has 1 aromatic rings. The number of anilines is 1. The maximum atomic E-state index is 3.53. The molecule has 0 bridgehead atoms. The number of alkyl halides is 1. The lowest BCUT2D eigenvalue weighted by atomic mass is 10.1. The van der Waals surface area contributed by atoms with Gasteiger partial charge in [-0.1, -0.05) is 22.0 Å². The van der Waals surface area contributed by atoms with Crippen molar-refractivity contribution in [2.75, 3.05) is 38.6 Å². The molecule has 1 fully saturated rings. The summed E-state index contributed by atoms with van der Waals surface area (Å²) in [7, 11) is 4.43. The van der Waals surface area contributed by atoms with E-state index in [4.69, 9.17) is 0 Å². The third kappa shape index (κ3) is 3.27. The Labute approximate surface area is 119 Å². The van der Waals surface area contributed by atoms with Crippen LogP contribution in [0.15, 0.2) is 18.2 Å². The van der Waals surface area contributed by atoms with Crippen molar-refractivity contribution in [3.63, 3.8) is 0 Å². The first-order valence-electron chi connectivity index (χ1n) is 6.65. The second-order valence-corrected chi connectivity index (χ2v) is 6.10. The van der Waals surface area contributed by atoms with Crippen LogP contribution in [0.4, 0.5) is 5.69 Å². The van der Waals surface area contributed by atoms with E-state index < -0.39 is 0 Å². The second kappa shape index (κ2) is 6.07. The zero-order chi connectivity index (χ0) is 13.1. The van der Waals surface area contributed by atoms with Gasteiger partial charge >= 0.3 is 0 Å². The van der Waals surface area contributed by atoms with Crippen molar-refractivity contribution < 1.29 is 0 Å². The normalized spacial score (nSPS) is 20.3. The Morgan fingerprint density at radius 2 is 2.22 bits per heavy atom. The highest BCUT2D eigenvalue weighted by Gasteiger charge is 2.20. The van der Waals surface area contributed by atoms with Gasteiger partial charge in [-0.05, 0) is 56.1 Å². The van der Waals surface area contributed by atoms with Crippen molar-refractivity contribution >= 4 is 21.6 Å². The van der Waals surface area contributed by atoms with Crippen LogP contribution in [-0.2, 0) is 5.33 Å². The van der Waals surface area contributed by atoms with Crippen LogP contribution in [0.2, 0.25) is 0 Å². The molecule has 1 aliphatic rings. The Kier molecular flexibility index (Phi) is 4.68. The SMILES string of the molecule is Cc1cc(N(C)CC2CCN(C)C2)ccc1CBr. The third-order valence-corrected chi connectivity index (χ3v) is 4.54. The van der Waals surface area contributed by atoms with Gasteiger partial charge in [-0.2, -0.15) is 0 Å². The molecular weight excluding hydrogens is 288 g/mol. The van der Waals surface area contributed by atoms with E-state index in [0.29, 0.717) is 0 Å². The van der Waals surface area contributed by atoms with Crippen LogP contribution < -0.4 is 4.90 Å². The fraction of sp³-hybridized carbons (Fsp3) is 0.600. The van der Waals surface area contributed by atoms with Gasteiger partial charge in [0.2, 0.25) is 0 Å². The monoisotopic (exact) mass is 310 g/mol. The second-order valence-electron chi connectivity index (χ2n) is 5.54. The summed E-state index contributed by atoms with van der Waals surface area (Å²) in [6.45, 7) is 5.84. The van der Waals surface area contributed by atoms with Gasteiger partial charge in [0.25, 0.3) is 0 Å². The molecule has 1 aliphatic heterocycles. The van der Waals surface area contributed by atoms with E-state index in [-0.39, 0.29) is 0 Å². The average Bonchev–Trinajstić information content (AvgIpc) is 2.74. The van der Waals surface area contributed by atoms with Crippen molar-refractivity contribution in [2.24, 2.45) is 5.92 Å². The predicted octanol–water partition coefficient (Wildman–Crippen LogP) is 3.28. The summed E-state index contributed by atoms with van der Waals surface area (Å²) in [4.78, 5) is 4.83. The number of rotatable bonds is 4. The van der Waals surface area contributed by atoms with E-state index >= 15 is 0 Å². The van der Waals surface area contributed by atoms with Crippen molar-refractivity contribution in [3.8, 4) is 0 Å². The summed E-state index contributed by atoms with van der Waals surface area (Å²) in [5.74, 6) is 0.816. The number of nitrogens with zero attached hydrogens (tertiary/aromatic N) is 2. The average molecular weight is 311 g/mol. The van der Waals surface area contributed by atoms with E-state index in [1.54, 1.807) is 0 Å². The van der Waals surface area contributed by atoms with Crippen molar-refractivity contribution in [1.29, 1.82) is 0 Å². The maximum Gasteiger partial charge on any atom is 0.0366 e. The minimum absolute atomic E-state index is 0.816. The van der Waals surface area contributed by atoms with E-state index in [9.17, 15) is 0 Å². The molecular formula is C15H23BrN2. The number of hydrogen-bond acceptors (Lipinski definition) is 2. The van der Waals surface area contributed by atoms with Crippen LogP contribution in [0.5, 0.6) is 0 Å². The van der Waals surface area contributed by atoms with E-state index in [1.165, 1.54) is 36.3 Å². The molecule has 2 nitrogen and oxygen atoms in total. The first-order valence-corrected chi connectivity index (χ1v) is 7.77. The molecule has 1 atom stereocenters. The molecule has 1 heterocycles. The topological polar surface area (TPSA) is 6.48 Å². The number of benzene rings is 1. The zero-order valence-electron chi connectivity index (χ0n) is 11.6. The molecule has 2 rings (SSSR count). The molecule has 1 saturated heterocycles. The number of halogens is 1. The Morgan fingerprint density at radius 3 is 2.78 bits per heavy atom. The molecule has 0 radical (unpaired) electrons. The highest BCUT2D eigenvalue weighted by atomic mass is 79.9. The van der Waals surface area contributed by atoms with Crippen molar-refractivity contribution in [1.82, 2.24) is 4.90 Å². The van der Waals surface area contributed by atoms with Crippen LogP contribution in [0.3, 0.4) is 0 Å². The largest absolute Gasteiger partial charge is 0.374 e. The molecule has 0 aromatic heterocycles. The summed E-state index contributed by atoms with van der Waals surface area (Å²) < 4.78 is 0. The first kappa shape index (κ1) is 13.9. The molecule has 18 heavy (non-hydrogen) atoms. The minimum atomic E-state index is 0.816. The fourth-order valence-corrected chi connectivity index (χ4v) is 3.36. The van der Waals surface area contributed by atoms with Crippen molar-refractivity contribution in [2.45, 2.75) is 18.7 Å². The summed E-state index contributed by atoms with van der Waals surface area (Å²) in [6, 6.07) is 6.77. The van der Waals surface area contributed by atoms with Crippen LogP contribution in [-0.4, -0.2) is 38.6 Å². The first-order chi connectivity index (χ1) is 8.60. The number of hydrogen-bond donors (Lipinski definition) is 0. The molecule has 0 saturated carbocycles. The summed E-state index contributed by atoms with van der Waals surface area (Å²) in [5, 5.41) is 0.941. The zero-order valence-corrected chi connectivity index (χ0v) is 13.2. The quantitative estimate of drug-likeness (QED) is 0.788. The molecule has 1 aromatic carbocycles. The molecule has 0 N–H and O–H groups in total. The third-order valence-electron chi connectivity index (χ3n) is 3.93. The predicted molar refractivity (Wildman–Crippen MR) is 82.7 cm³/mol. The Hall–Kier alpha value is -0.540. The van der Waals surface area contributed by atoms with Gasteiger partial charge in [0.05, 0.1) is 0 Å². The van der Waals surface area contributed by atoms with Gasteiger partial charge < -0.3 is 9.80 Å². The minimum Gasteiger partial charge on any atom is -0.374 e. The highest BCUT2D eigenvalue weighted by molar-refractivity contribution is 9.08. The lowest BCUT2D eigenvalue weighted by Crippen LogP contribution is -2.27. The molecule has 3 heteroatoms. The standard InChI is InChI=1S/C15H23BrN2/c1-12-8-15(5-4-14(12)9-16)18(3)11-13-6-7-17(2)10-13/h4-5,8,13H,6-7,9-11H2,1-3H3. The number of likely N-dealkylation sites (tertiary alicyclic amines) is 1. The maximum absolute atomic E-state index is 3.53. The van der Waals surface area contributed by atoms with Gasteiger partial charge in [-0.25, -0.2) is 0 Å². The van der Waals surface area contributed by atoms with E-state index in [1.807, 2.05) is 0 Å². The van der Waals surface area contributed by atoms with Gasteiger partial charge in [0, 0.05) is 31.2 Å². The molecule has 0 amide bonds. The van der Waals surface area contributed by atoms with Crippen molar-refractivity contribution in [3.05, 3.63) is 29.3 Å². The lowest BCUT2D eigenvalue weighted by Gasteiger charge is -2.24. The van der Waals surface area contributed by atoms with Gasteiger partial charge in [0.15, 0.2) is 0 Å². The Balaban J connectivity index is 2.00. The molecule has 0 spiro atoms. The van der Waals surface area contributed by atoms with Crippen LogP contribution in [0, 0.1) is 12.8 Å². The molecule has 0 aliphatic carbocycles. The molecule has 1 unspecified atom stereocenters. The fourth-order valence-electron chi connectivity index (χ4n) is 2.74. The summed E-state index contributed by atoms with van der Waals surface area (Å²) in [6.07, 6.45) is 1.33. The summed E-state index contributed by atoms with van der Waals surface area (Å²) >= 11 is 3.53. The van der Waals surface area contributed by atoms with Crippen LogP contribution >= 0.6 is 15.9 Å². The van der Waals surface area contributed by atoms with Crippen LogP contribution in [0.1, 0.15) is 17.5 Å². The number of aryl methyl sites for hydroxylation is 1. The van der Waals surface area contributed by atoms with E-state index in [2.05, 4.69) is 64.9 Å². The van der Waals surface area contributed by atoms with Gasteiger partial charge in [-0.15, -0.1) is 0 Å². The summed E-state index contributed by atoms with van der Waals surface area (Å²) in [5.41, 5.74) is 4.10. The Bertz CT molecular complexity index is 405. The van der Waals surface area contributed by atoms with Crippen LogP contribution in [0.25, 0.3) is 0 Å². The molecule has 100 valence electrons. The van der Waals surface area contributed by atoms with Gasteiger partial charge in [-0.3, -0.25) is 0 Å². The van der Waals surface area contributed by atoms with E-state index in [0.717, 1.165) is 17.8 Å². The smallest absolute Gasteiger partial charge is 0.0366 e.